The van der Waals surface area contributed by atoms with Gasteiger partial charge in [-0.05, 0) is 49.9 Å². The van der Waals surface area contributed by atoms with E-state index in [-0.39, 0.29) is 4.90 Å². The molecule has 1 heterocycles. The zero-order chi connectivity index (χ0) is 15.3. The van der Waals surface area contributed by atoms with E-state index in [1.54, 1.807) is 12.1 Å². The van der Waals surface area contributed by atoms with Gasteiger partial charge in [-0.3, -0.25) is 4.79 Å². The van der Waals surface area contributed by atoms with Crippen LogP contribution in [-0.2, 0) is 21.2 Å². The molecule has 1 saturated heterocycles. The Morgan fingerprint density at radius 3 is 2.62 bits per heavy atom. The molecular formula is C15H22N2O3S. The van der Waals surface area contributed by atoms with Crippen LogP contribution in [0.25, 0.3) is 0 Å². The van der Waals surface area contributed by atoms with E-state index in [0.29, 0.717) is 6.42 Å². The number of nitrogens with one attached hydrogen (secondary N) is 2. The molecule has 0 unspecified atom stereocenters. The quantitative estimate of drug-likeness (QED) is 0.836. The Kier molecular flexibility index (Phi) is 5.36. The predicted octanol–water partition coefficient (Wildman–Crippen LogP) is 1.59. The van der Waals surface area contributed by atoms with Crippen molar-refractivity contribution in [1.82, 2.24) is 10.0 Å². The highest BCUT2D eigenvalue weighted by atomic mass is 32.2. The summed E-state index contributed by atoms with van der Waals surface area (Å²) in [5.41, 5.74) is 1.11. The molecule has 5 nitrogen and oxygen atoms in total. The molecule has 2 N–H and O–H groups in total. The molecule has 1 aliphatic heterocycles. The molecule has 21 heavy (non-hydrogen) atoms. The number of carbonyl (C=O) groups is 1. The molecule has 0 radical (unpaired) electrons. The number of unbranched alkanes of at least 4 members (excludes halogenated alkanes) is 1. The van der Waals surface area contributed by atoms with Gasteiger partial charge >= 0.3 is 0 Å². The molecule has 1 atom stereocenters. The lowest BCUT2D eigenvalue weighted by atomic mass is 10.1. The Labute approximate surface area is 126 Å². The van der Waals surface area contributed by atoms with Crippen LogP contribution in [0.2, 0.25) is 0 Å². The fourth-order valence-corrected chi connectivity index (χ4v) is 3.41. The molecule has 0 bridgehead atoms. The highest BCUT2D eigenvalue weighted by molar-refractivity contribution is 7.90. The first-order chi connectivity index (χ1) is 10.0. The molecule has 0 aromatic heterocycles. The Morgan fingerprint density at radius 1 is 1.33 bits per heavy atom. The summed E-state index contributed by atoms with van der Waals surface area (Å²) in [5, 5.41) is 2.99. The smallest absolute Gasteiger partial charge is 0.264 e. The van der Waals surface area contributed by atoms with Crippen molar-refractivity contribution in [2.24, 2.45) is 0 Å². The minimum atomic E-state index is -3.77. The second-order valence-electron chi connectivity index (χ2n) is 5.37. The Morgan fingerprint density at radius 2 is 2.05 bits per heavy atom. The highest BCUT2D eigenvalue weighted by Crippen LogP contribution is 2.13. The summed E-state index contributed by atoms with van der Waals surface area (Å²) in [6.07, 6.45) is 4.69. The summed E-state index contributed by atoms with van der Waals surface area (Å²) in [4.78, 5) is 12.0. The average Bonchev–Trinajstić information content (AvgIpc) is 2.99. The molecule has 0 saturated carbocycles. The van der Waals surface area contributed by atoms with Gasteiger partial charge in [-0.1, -0.05) is 25.5 Å². The van der Waals surface area contributed by atoms with Gasteiger partial charge < -0.3 is 5.32 Å². The molecule has 2 rings (SSSR count). The molecular weight excluding hydrogens is 288 g/mol. The first-order valence-corrected chi connectivity index (χ1v) is 8.90. The Balaban J connectivity index is 2.03. The lowest BCUT2D eigenvalue weighted by Crippen LogP contribution is -2.43. The fourth-order valence-electron chi connectivity index (χ4n) is 2.39. The maximum atomic E-state index is 12.2. The van der Waals surface area contributed by atoms with Gasteiger partial charge in [-0.25, -0.2) is 13.1 Å². The number of hydrogen-bond acceptors (Lipinski definition) is 4. The van der Waals surface area contributed by atoms with E-state index >= 15 is 0 Å². The normalized spacial score (nSPS) is 18.6. The first-order valence-electron chi connectivity index (χ1n) is 7.42. The van der Waals surface area contributed by atoms with Crippen molar-refractivity contribution >= 4 is 15.9 Å². The van der Waals surface area contributed by atoms with Crippen LogP contribution < -0.4 is 10.0 Å². The van der Waals surface area contributed by atoms with E-state index in [2.05, 4.69) is 17.0 Å². The highest BCUT2D eigenvalue weighted by Gasteiger charge is 2.26. The van der Waals surface area contributed by atoms with E-state index in [1.165, 1.54) is 0 Å². The first kappa shape index (κ1) is 16.0. The zero-order valence-corrected chi connectivity index (χ0v) is 13.1. The molecule has 116 valence electrons. The fraction of sp³-hybridized carbons (Fsp3) is 0.533. The van der Waals surface area contributed by atoms with Crippen molar-refractivity contribution in [1.29, 1.82) is 0 Å². The minimum Gasteiger partial charge on any atom is -0.306 e. The maximum absolute atomic E-state index is 12.2. The third-order valence-electron chi connectivity index (χ3n) is 3.66. The second kappa shape index (κ2) is 7.04. The van der Waals surface area contributed by atoms with Crippen LogP contribution in [0.1, 0.15) is 38.2 Å². The van der Waals surface area contributed by atoms with Crippen LogP contribution >= 0.6 is 0 Å². The van der Waals surface area contributed by atoms with Gasteiger partial charge in [0.05, 0.1) is 10.9 Å². The lowest BCUT2D eigenvalue weighted by Gasteiger charge is -2.12. The van der Waals surface area contributed by atoms with Crippen LogP contribution in [-0.4, -0.2) is 26.9 Å². The standard InChI is InChI=1S/C15H22N2O3S/c1-2-3-5-12-7-9-13(10-8-12)21(19,20)17-15(18)14-6-4-11-16-14/h7-10,14,16H,2-6,11H2,1H3,(H,17,18)/t14-/m0/s1. The summed E-state index contributed by atoms with van der Waals surface area (Å²) in [6, 6.07) is 6.33. The van der Waals surface area contributed by atoms with E-state index in [1.807, 2.05) is 12.1 Å². The summed E-state index contributed by atoms with van der Waals surface area (Å²) in [7, 11) is -3.77. The summed E-state index contributed by atoms with van der Waals surface area (Å²) in [5.74, 6) is -0.470. The number of aryl methyl sites for hydroxylation is 1. The molecule has 1 aromatic carbocycles. The SMILES string of the molecule is CCCCc1ccc(S(=O)(=O)NC(=O)[C@@H]2CCCN2)cc1. The molecule has 0 aliphatic carbocycles. The number of carbonyl (C=O) groups excluding carboxylic acids is 1. The van der Waals surface area contributed by atoms with Gasteiger partial charge in [0.2, 0.25) is 0 Å². The number of hydrogen-bond donors (Lipinski definition) is 2. The largest absolute Gasteiger partial charge is 0.306 e. The third kappa shape index (κ3) is 4.28. The van der Waals surface area contributed by atoms with Crippen molar-refractivity contribution in [3.8, 4) is 0 Å². The average molecular weight is 310 g/mol. The van der Waals surface area contributed by atoms with Crippen molar-refractivity contribution in [3.63, 3.8) is 0 Å². The zero-order valence-electron chi connectivity index (χ0n) is 12.3. The molecule has 1 amide bonds. The monoisotopic (exact) mass is 310 g/mol. The molecule has 6 heteroatoms. The van der Waals surface area contributed by atoms with Crippen LogP contribution in [0.3, 0.4) is 0 Å². The van der Waals surface area contributed by atoms with Gasteiger partial charge in [0.1, 0.15) is 0 Å². The van der Waals surface area contributed by atoms with Crippen molar-refractivity contribution in [3.05, 3.63) is 29.8 Å². The van der Waals surface area contributed by atoms with E-state index < -0.39 is 22.0 Å². The van der Waals surface area contributed by atoms with Crippen molar-refractivity contribution in [2.45, 2.75) is 50.0 Å². The summed E-state index contributed by atoms with van der Waals surface area (Å²) < 4.78 is 26.5. The maximum Gasteiger partial charge on any atom is 0.264 e. The second-order valence-corrected chi connectivity index (χ2v) is 7.05. The van der Waals surface area contributed by atoms with Gasteiger partial charge in [0.15, 0.2) is 0 Å². The Bertz CT molecular complexity index is 575. The van der Waals surface area contributed by atoms with Gasteiger partial charge in [-0.2, -0.15) is 0 Å². The predicted molar refractivity (Wildman–Crippen MR) is 81.4 cm³/mol. The van der Waals surface area contributed by atoms with Crippen molar-refractivity contribution in [2.75, 3.05) is 6.54 Å². The van der Waals surface area contributed by atoms with E-state index in [0.717, 1.165) is 37.8 Å². The number of amides is 1. The molecule has 1 aliphatic rings. The number of rotatable bonds is 6. The number of sulfonamides is 1. The summed E-state index contributed by atoms with van der Waals surface area (Å²) in [6.45, 7) is 2.87. The van der Waals surface area contributed by atoms with Crippen LogP contribution in [0.4, 0.5) is 0 Å². The van der Waals surface area contributed by atoms with Gasteiger partial charge in [0.25, 0.3) is 15.9 Å². The van der Waals surface area contributed by atoms with Gasteiger partial charge in [-0.15, -0.1) is 0 Å². The van der Waals surface area contributed by atoms with E-state index in [4.69, 9.17) is 0 Å². The van der Waals surface area contributed by atoms with Gasteiger partial charge in [0, 0.05) is 0 Å². The molecule has 1 aromatic rings. The topological polar surface area (TPSA) is 75.3 Å². The van der Waals surface area contributed by atoms with E-state index in [9.17, 15) is 13.2 Å². The summed E-state index contributed by atoms with van der Waals surface area (Å²) >= 11 is 0. The van der Waals surface area contributed by atoms with Crippen molar-refractivity contribution < 1.29 is 13.2 Å². The van der Waals surface area contributed by atoms with Crippen LogP contribution in [0, 0.1) is 0 Å². The van der Waals surface area contributed by atoms with Crippen LogP contribution in [0.5, 0.6) is 0 Å². The number of benzene rings is 1. The molecule has 0 spiro atoms. The third-order valence-corrected chi connectivity index (χ3v) is 5.03. The molecule has 1 fully saturated rings. The minimum absolute atomic E-state index is 0.133. The Hall–Kier alpha value is -1.40. The van der Waals surface area contributed by atoms with Crippen LogP contribution in [0.15, 0.2) is 29.2 Å². The lowest BCUT2D eigenvalue weighted by molar-refractivity contribution is -0.121.